The summed E-state index contributed by atoms with van der Waals surface area (Å²) in [6.45, 7) is 1.07. The van der Waals surface area contributed by atoms with Crippen LogP contribution in [0.1, 0.15) is 5.56 Å². The number of aromatic nitrogens is 3. The van der Waals surface area contributed by atoms with Crippen molar-refractivity contribution in [2.24, 2.45) is 0 Å². The van der Waals surface area contributed by atoms with Crippen LogP contribution in [0.3, 0.4) is 0 Å². The topological polar surface area (TPSA) is 105 Å². The highest BCUT2D eigenvalue weighted by atomic mass is 32.2. The fourth-order valence-corrected chi connectivity index (χ4v) is 5.04. The molecule has 0 atom stereocenters. The van der Waals surface area contributed by atoms with Crippen LogP contribution < -0.4 is 4.74 Å². The molecule has 10 heteroatoms. The van der Waals surface area contributed by atoms with Gasteiger partial charge < -0.3 is 14.6 Å². The summed E-state index contributed by atoms with van der Waals surface area (Å²) in [5.41, 5.74) is 3.05. The van der Waals surface area contributed by atoms with E-state index in [2.05, 4.69) is 15.0 Å². The Balaban J connectivity index is 1.54. The van der Waals surface area contributed by atoms with E-state index >= 15 is 0 Å². The second-order valence-electron chi connectivity index (χ2n) is 7.66. The zero-order chi connectivity index (χ0) is 23.0. The average molecular weight is 481 g/mol. The predicted molar refractivity (Wildman–Crippen MR) is 127 cm³/mol. The summed E-state index contributed by atoms with van der Waals surface area (Å²) in [7, 11) is -3.30. The number of pyridine rings is 1. The first-order chi connectivity index (χ1) is 15.9. The zero-order valence-corrected chi connectivity index (χ0v) is 19.3. The van der Waals surface area contributed by atoms with E-state index in [1.165, 1.54) is 23.9 Å². The molecular weight excluding hydrogens is 460 g/mol. The van der Waals surface area contributed by atoms with Crippen LogP contribution in [0, 0.1) is 0 Å². The number of carbonyl (C=O) groups excluding carboxylic acids is 1. The number of benzene rings is 2. The molecule has 1 fully saturated rings. The van der Waals surface area contributed by atoms with E-state index in [4.69, 9.17) is 4.74 Å². The highest BCUT2D eigenvalue weighted by Crippen LogP contribution is 2.33. The Hall–Kier alpha value is -3.37. The molecular formula is C23H20N4O4S2. The van der Waals surface area contributed by atoms with Gasteiger partial charge in [0.2, 0.25) is 0 Å². The standard InChI is InChI=1S/C23H20N4O4S2/c1-33(29,30)17-7-5-16(6-8-17)31-21-13-20-19(12-15(21)14-27-10-11-32-23(27)28)25-22(26-20)18-4-2-3-9-24-18/h2-9,12-13H,10-11,14H2,1H3,(H,25,26). The monoisotopic (exact) mass is 480 g/mol. The number of amides is 1. The van der Waals surface area contributed by atoms with Crippen LogP contribution in [0.15, 0.2) is 65.7 Å². The molecule has 168 valence electrons. The lowest BCUT2D eigenvalue weighted by Crippen LogP contribution is -2.22. The van der Waals surface area contributed by atoms with Crippen molar-refractivity contribution < 1.29 is 17.9 Å². The summed E-state index contributed by atoms with van der Waals surface area (Å²) < 4.78 is 29.6. The van der Waals surface area contributed by atoms with Gasteiger partial charge in [0.05, 0.1) is 22.5 Å². The summed E-state index contributed by atoms with van der Waals surface area (Å²) >= 11 is 1.30. The molecule has 1 aliphatic rings. The Morgan fingerprint density at radius 2 is 1.97 bits per heavy atom. The number of carbonyl (C=O) groups is 1. The van der Waals surface area contributed by atoms with E-state index in [0.717, 1.165) is 28.8 Å². The van der Waals surface area contributed by atoms with Gasteiger partial charge in [-0.05, 0) is 42.5 Å². The molecule has 2 aromatic carbocycles. The molecule has 1 N–H and O–H groups in total. The molecule has 5 rings (SSSR count). The van der Waals surface area contributed by atoms with E-state index in [0.29, 0.717) is 35.9 Å². The SMILES string of the molecule is CS(=O)(=O)c1ccc(Oc2cc3nc(-c4ccccn4)[nH]c3cc2CN2CCSC2=O)cc1. The number of imidazole rings is 1. The van der Waals surface area contributed by atoms with Crippen LogP contribution in [0.4, 0.5) is 4.79 Å². The molecule has 0 spiro atoms. The van der Waals surface area contributed by atoms with Gasteiger partial charge in [-0.2, -0.15) is 0 Å². The molecule has 33 heavy (non-hydrogen) atoms. The Bertz CT molecular complexity index is 1430. The quantitative estimate of drug-likeness (QED) is 0.433. The molecule has 1 aliphatic heterocycles. The van der Waals surface area contributed by atoms with E-state index < -0.39 is 9.84 Å². The molecule has 1 saturated heterocycles. The van der Waals surface area contributed by atoms with Crippen molar-refractivity contribution in [3.05, 3.63) is 66.4 Å². The predicted octanol–water partition coefficient (Wildman–Crippen LogP) is 4.49. The van der Waals surface area contributed by atoms with Crippen molar-refractivity contribution >= 4 is 37.9 Å². The molecule has 3 heterocycles. The third-order valence-corrected chi connectivity index (χ3v) is 7.28. The first-order valence-corrected chi connectivity index (χ1v) is 13.1. The smallest absolute Gasteiger partial charge is 0.282 e. The lowest BCUT2D eigenvalue weighted by Gasteiger charge is -2.18. The van der Waals surface area contributed by atoms with Gasteiger partial charge in [-0.3, -0.25) is 9.78 Å². The molecule has 0 unspecified atom stereocenters. The second kappa shape index (κ2) is 8.53. The molecule has 8 nitrogen and oxygen atoms in total. The number of hydrogen-bond acceptors (Lipinski definition) is 7. The lowest BCUT2D eigenvalue weighted by molar-refractivity contribution is 0.227. The molecule has 0 radical (unpaired) electrons. The van der Waals surface area contributed by atoms with Gasteiger partial charge >= 0.3 is 0 Å². The van der Waals surface area contributed by atoms with Crippen molar-refractivity contribution in [1.82, 2.24) is 19.9 Å². The fraction of sp³-hybridized carbons (Fsp3) is 0.174. The van der Waals surface area contributed by atoms with Gasteiger partial charge in [-0.15, -0.1) is 0 Å². The van der Waals surface area contributed by atoms with Gasteiger partial charge in [-0.25, -0.2) is 13.4 Å². The summed E-state index contributed by atoms with van der Waals surface area (Å²) in [5, 5.41) is 0.0392. The summed E-state index contributed by atoms with van der Waals surface area (Å²) in [4.78, 5) is 26.5. The summed E-state index contributed by atoms with van der Waals surface area (Å²) in [6.07, 6.45) is 2.87. The Morgan fingerprint density at radius 1 is 1.15 bits per heavy atom. The maximum atomic E-state index is 12.2. The van der Waals surface area contributed by atoms with Gasteiger partial charge in [-0.1, -0.05) is 17.8 Å². The summed E-state index contributed by atoms with van der Waals surface area (Å²) in [6, 6.07) is 15.6. The zero-order valence-electron chi connectivity index (χ0n) is 17.7. The fourth-order valence-electron chi connectivity index (χ4n) is 3.58. The van der Waals surface area contributed by atoms with Crippen molar-refractivity contribution in [1.29, 1.82) is 0 Å². The Kier molecular flexibility index (Phi) is 5.55. The van der Waals surface area contributed by atoms with Gasteiger partial charge in [0.25, 0.3) is 5.24 Å². The number of sulfone groups is 1. The largest absolute Gasteiger partial charge is 0.457 e. The van der Waals surface area contributed by atoms with Crippen molar-refractivity contribution in [2.75, 3.05) is 18.6 Å². The van der Waals surface area contributed by atoms with Crippen LogP contribution >= 0.6 is 11.8 Å². The highest BCUT2D eigenvalue weighted by Gasteiger charge is 2.23. The third-order valence-electron chi connectivity index (χ3n) is 5.26. The van der Waals surface area contributed by atoms with Crippen LogP contribution in [-0.2, 0) is 16.4 Å². The minimum atomic E-state index is -3.30. The first-order valence-electron chi connectivity index (χ1n) is 10.2. The maximum Gasteiger partial charge on any atom is 0.282 e. The minimum absolute atomic E-state index is 0.0392. The summed E-state index contributed by atoms with van der Waals surface area (Å²) in [5.74, 6) is 2.45. The maximum absolute atomic E-state index is 12.2. The number of H-pyrrole nitrogens is 1. The van der Waals surface area contributed by atoms with Crippen molar-refractivity contribution in [3.8, 4) is 23.0 Å². The van der Waals surface area contributed by atoms with E-state index in [1.807, 2.05) is 30.3 Å². The third kappa shape index (κ3) is 4.57. The number of aromatic amines is 1. The number of nitrogens with one attached hydrogen (secondary N) is 1. The van der Waals surface area contributed by atoms with Gasteiger partial charge in [0, 0.05) is 36.4 Å². The minimum Gasteiger partial charge on any atom is -0.457 e. The van der Waals surface area contributed by atoms with Gasteiger partial charge in [0.1, 0.15) is 17.2 Å². The number of ether oxygens (including phenoxy) is 1. The number of hydrogen-bond donors (Lipinski definition) is 1. The van der Waals surface area contributed by atoms with E-state index in [-0.39, 0.29) is 10.1 Å². The second-order valence-corrected chi connectivity index (χ2v) is 10.7. The molecule has 1 amide bonds. The lowest BCUT2D eigenvalue weighted by atomic mass is 10.1. The van der Waals surface area contributed by atoms with Gasteiger partial charge in [0.15, 0.2) is 15.7 Å². The Morgan fingerprint density at radius 3 is 2.64 bits per heavy atom. The van der Waals surface area contributed by atoms with E-state index in [9.17, 15) is 13.2 Å². The Labute approximate surface area is 194 Å². The van der Waals surface area contributed by atoms with Crippen LogP contribution in [0.5, 0.6) is 11.5 Å². The molecule has 0 bridgehead atoms. The highest BCUT2D eigenvalue weighted by molar-refractivity contribution is 8.13. The number of rotatable bonds is 6. The van der Waals surface area contributed by atoms with Crippen molar-refractivity contribution in [2.45, 2.75) is 11.4 Å². The molecule has 0 saturated carbocycles. The number of thioether (sulfide) groups is 1. The van der Waals surface area contributed by atoms with Crippen LogP contribution in [-0.4, -0.2) is 52.1 Å². The molecule has 4 aromatic rings. The van der Waals surface area contributed by atoms with Crippen molar-refractivity contribution in [3.63, 3.8) is 0 Å². The van der Waals surface area contributed by atoms with Crippen LogP contribution in [0.25, 0.3) is 22.6 Å². The average Bonchev–Trinajstić information content (AvgIpc) is 3.40. The van der Waals surface area contributed by atoms with E-state index in [1.54, 1.807) is 23.2 Å². The molecule has 0 aliphatic carbocycles. The van der Waals surface area contributed by atoms with Crippen LogP contribution in [0.2, 0.25) is 0 Å². The molecule has 2 aromatic heterocycles. The normalized spacial score (nSPS) is 14.2. The first kappa shape index (κ1) is 21.5. The number of fused-ring (bicyclic) bond motifs is 1. The number of nitrogens with zero attached hydrogens (tertiary/aromatic N) is 3.